The van der Waals surface area contributed by atoms with Gasteiger partial charge in [0.15, 0.2) is 0 Å². The largest absolute Gasteiger partial charge is 0.394 e. The molecule has 0 saturated heterocycles. The van der Waals surface area contributed by atoms with Crippen molar-refractivity contribution in [2.75, 3.05) is 12.4 Å². The Morgan fingerprint density at radius 1 is 1.40 bits per heavy atom. The van der Waals surface area contributed by atoms with E-state index in [-0.39, 0.29) is 11.9 Å². The van der Waals surface area contributed by atoms with Crippen LogP contribution in [0.2, 0.25) is 5.02 Å². The maximum absolute atomic E-state index is 9.22. The highest BCUT2D eigenvalue weighted by Crippen LogP contribution is 2.32. The molecule has 0 aliphatic rings. The van der Waals surface area contributed by atoms with Crippen LogP contribution >= 0.6 is 23.4 Å². The second-order valence-corrected chi connectivity index (χ2v) is 5.11. The van der Waals surface area contributed by atoms with E-state index >= 15 is 0 Å². The smallest absolute Gasteiger partial charge is 0.0861 e. The van der Waals surface area contributed by atoms with Crippen molar-refractivity contribution < 1.29 is 10.2 Å². The van der Waals surface area contributed by atoms with Gasteiger partial charge in [-0.1, -0.05) is 29.8 Å². The molecule has 0 aliphatic heterocycles. The molecule has 0 fully saturated rings. The van der Waals surface area contributed by atoms with Gasteiger partial charge in [0, 0.05) is 16.0 Å². The van der Waals surface area contributed by atoms with Gasteiger partial charge in [0.05, 0.1) is 12.7 Å². The fourth-order valence-electron chi connectivity index (χ4n) is 1.20. The number of halogens is 1. The molecule has 0 aromatic heterocycles. The first-order chi connectivity index (χ1) is 7.15. The molecule has 1 rings (SSSR count). The van der Waals surface area contributed by atoms with Crippen LogP contribution in [0.3, 0.4) is 0 Å². The summed E-state index contributed by atoms with van der Waals surface area (Å²) in [6.45, 7) is 1.85. The molecule has 0 saturated carbocycles. The lowest BCUT2D eigenvalue weighted by molar-refractivity contribution is 0.113. The summed E-state index contributed by atoms with van der Waals surface area (Å²) in [5.41, 5.74) is 1.06. The first-order valence-corrected chi connectivity index (χ1v) is 6.22. The van der Waals surface area contributed by atoms with Gasteiger partial charge in [-0.05, 0) is 18.6 Å². The van der Waals surface area contributed by atoms with Crippen LogP contribution in [-0.4, -0.2) is 28.7 Å². The fourth-order valence-corrected chi connectivity index (χ4v) is 2.57. The Morgan fingerprint density at radius 3 is 2.67 bits per heavy atom. The quantitative estimate of drug-likeness (QED) is 0.839. The van der Waals surface area contributed by atoms with Crippen LogP contribution in [0.15, 0.2) is 24.3 Å². The zero-order valence-corrected chi connectivity index (χ0v) is 10.1. The van der Waals surface area contributed by atoms with Crippen molar-refractivity contribution in [1.82, 2.24) is 0 Å². The second kappa shape index (κ2) is 6.38. The normalized spacial score (nSPS) is 14.9. The lowest BCUT2D eigenvalue weighted by atomic mass is 10.2. The van der Waals surface area contributed by atoms with Gasteiger partial charge in [-0.25, -0.2) is 0 Å². The first kappa shape index (κ1) is 12.8. The summed E-state index contributed by atoms with van der Waals surface area (Å²) in [4.78, 5) is 0. The predicted octanol–water partition coefficient (Wildman–Crippen LogP) is 2.49. The number of thioether (sulfide) groups is 1. The van der Waals surface area contributed by atoms with E-state index in [1.54, 1.807) is 11.8 Å². The molecule has 4 heteroatoms. The number of hydrogen-bond donors (Lipinski definition) is 2. The number of hydrogen-bond acceptors (Lipinski definition) is 3. The van der Waals surface area contributed by atoms with E-state index in [1.165, 1.54) is 0 Å². The molecule has 1 aromatic rings. The number of rotatable bonds is 5. The van der Waals surface area contributed by atoms with Crippen LogP contribution in [0.25, 0.3) is 0 Å². The Labute approximate surface area is 99.3 Å². The minimum absolute atomic E-state index is 0.192. The van der Waals surface area contributed by atoms with E-state index in [2.05, 4.69) is 0 Å². The minimum atomic E-state index is -0.653. The molecular formula is C11H15ClO2S. The minimum Gasteiger partial charge on any atom is -0.394 e. The van der Waals surface area contributed by atoms with Gasteiger partial charge in [-0.3, -0.25) is 0 Å². The standard InChI is InChI=1S/C11H15ClO2S/c1-8(15-7-9(14)6-13)10-4-2-3-5-11(10)12/h2-5,8-9,13-14H,6-7H2,1H3. The van der Waals surface area contributed by atoms with Crippen molar-refractivity contribution in [3.05, 3.63) is 34.9 Å². The summed E-state index contributed by atoms with van der Waals surface area (Å²) in [6.07, 6.45) is -0.653. The zero-order valence-electron chi connectivity index (χ0n) is 8.56. The summed E-state index contributed by atoms with van der Waals surface area (Å²) in [6, 6.07) is 7.67. The topological polar surface area (TPSA) is 40.5 Å². The average Bonchev–Trinajstić information content (AvgIpc) is 2.26. The number of benzene rings is 1. The fraction of sp³-hybridized carbons (Fsp3) is 0.455. The van der Waals surface area contributed by atoms with Gasteiger partial charge >= 0.3 is 0 Å². The monoisotopic (exact) mass is 246 g/mol. The van der Waals surface area contributed by atoms with E-state index in [0.29, 0.717) is 5.75 Å². The maximum Gasteiger partial charge on any atom is 0.0861 e. The van der Waals surface area contributed by atoms with E-state index in [4.69, 9.17) is 16.7 Å². The molecule has 2 atom stereocenters. The van der Waals surface area contributed by atoms with Gasteiger partial charge in [0.1, 0.15) is 0 Å². The SMILES string of the molecule is CC(SCC(O)CO)c1ccccc1Cl. The molecule has 2 unspecified atom stereocenters. The van der Waals surface area contributed by atoms with Gasteiger partial charge < -0.3 is 10.2 Å². The Balaban J connectivity index is 2.54. The van der Waals surface area contributed by atoms with Crippen LogP contribution in [0.4, 0.5) is 0 Å². The molecule has 0 heterocycles. The molecule has 84 valence electrons. The van der Waals surface area contributed by atoms with Gasteiger partial charge in [0.2, 0.25) is 0 Å². The van der Waals surface area contributed by atoms with Crippen LogP contribution in [0.5, 0.6) is 0 Å². The van der Waals surface area contributed by atoms with Crippen molar-refractivity contribution in [2.24, 2.45) is 0 Å². The average molecular weight is 247 g/mol. The Bertz CT molecular complexity index is 306. The lowest BCUT2D eigenvalue weighted by Gasteiger charge is -2.14. The molecule has 1 aromatic carbocycles. The summed E-state index contributed by atoms with van der Waals surface area (Å²) in [7, 11) is 0. The molecule has 0 radical (unpaired) electrons. The van der Waals surface area contributed by atoms with E-state index < -0.39 is 6.10 Å². The molecule has 2 nitrogen and oxygen atoms in total. The van der Waals surface area contributed by atoms with Gasteiger partial charge in [-0.15, -0.1) is 0 Å². The lowest BCUT2D eigenvalue weighted by Crippen LogP contribution is -2.15. The third-order valence-corrected chi connectivity index (χ3v) is 3.77. The Hall–Kier alpha value is -0.220. The zero-order chi connectivity index (χ0) is 11.3. The molecule has 2 N–H and O–H groups in total. The van der Waals surface area contributed by atoms with Gasteiger partial charge in [-0.2, -0.15) is 11.8 Å². The van der Waals surface area contributed by atoms with Crippen molar-refractivity contribution in [3.63, 3.8) is 0 Å². The third kappa shape index (κ3) is 4.03. The van der Waals surface area contributed by atoms with Gasteiger partial charge in [0.25, 0.3) is 0 Å². The summed E-state index contributed by atoms with van der Waals surface area (Å²) < 4.78 is 0. The highest BCUT2D eigenvalue weighted by Gasteiger charge is 2.11. The van der Waals surface area contributed by atoms with Crippen LogP contribution in [0.1, 0.15) is 17.7 Å². The van der Waals surface area contributed by atoms with Crippen LogP contribution < -0.4 is 0 Å². The number of aliphatic hydroxyl groups excluding tert-OH is 2. The van der Waals surface area contributed by atoms with Crippen LogP contribution in [0, 0.1) is 0 Å². The summed E-state index contributed by atoms with van der Waals surface area (Å²) in [5.74, 6) is 0.517. The van der Waals surface area contributed by atoms with Crippen molar-refractivity contribution in [3.8, 4) is 0 Å². The molecular weight excluding hydrogens is 232 g/mol. The molecule has 0 bridgehead atoms. The predicted molar refractivity (Wildman–Crippen MR) is 65.4 cm³/mol. The van der Waals surface area contributed by atoms with E-state index in [9.17, 15) is 5.11 Å². The summed E-state index contributed by atoms with van der Waals surface area (Å²) >= 11 is 7.62. The third-order valence-electron chi connectivity index (χ3n) is 2.09. The van der Waals surface area contributed by atoms with Crippen molar-refractivity contribution >= 4 is 23.4 Å². The molecule has 15 heavy (non-hydrogen) atoms. The Kier molecular flexibility index (Phi) is 5.47. The van der Waals surface area contributed by atoms with E-state index in [1.807, 2.05) is 31.2 Å². The Morgan fingerprint density at radius 2 is 2.07 bits per heavy atom. The second-order valence-electron chi connectivity index (χ2n) is 3.33. The summed E-state index contributed by atoms with van der Waals surface area (Å²) in [5, 5.41) is 18.9. The van der Waals surface area contributed by atoms with Crippen molar-refractivity contribution in [2.45, 2.75) is 18.3 Å². The highest BCUT2D eigenvalue weighted by atomic mass is 35.5. The number of aliphatic hydroxyl groups is 2. The first-order valence-electron chi connectivity index (χ1n) is 4.80. The maximum atomic E-state index is 9.22. The molecule has 0 amide bonds. The molecule has 0 spiro atoms. The highest BCUT2D eigenvalue weighted by molar-refractivity contribution is 7.99. The van der Waals surface area contributed by atoms with Crippen molar-refractivity contribution in [1.29, 1.82) is 0 Å². The molecule has 0 aliphatic carbocycles. The van der Waals surface area contributed by atoms with E-state index in [0.717, 1.165) is 10.6 Å². The van der Waals surface area contributed by atoms with Crippen LogP contribution in [-0.2, 0) is 0 Å².